The number of aromatic nitrogens is 2. The molecular formula is C10H5F3N2O. The maximum atomic E-state index is 12.5. The molecule has 0 aliphatic carbocycles. The number of benzene rings is 1. The molecular weight excluding hydrogens is 221 g/mol. The molecule has 1 aromatic carbocycles. The van der Waals surface area contributed by atoms with Gasteiger partial charge in [-0.05, 0) is 12.1 Å². The summed E-state index contributed by atoms with van der Waals surface area (Å²) in [6.45, 7) is 0. The van der Waals surface area contributed by atoms with Gasteiger partial charge in [-0.15, -0.1) is 10.2 Å². The maximum absolute atomic E-state index is 12.5. The van der Waals surface area contributed by atoms with E-state index < -0.39 is 17.3 Å². The van der Waals surface area contributed by atoms with E-state index in [1.54, 1.807) is 12.1 Å². The molecule has 0 N–H and O–H groups in total. The van der Waals surface area contributed by atoms with Crippen LogP contribution in [0.1, 0.15) is 5.56 Å². The van der Waals surface area contributed by atoms with Gasteiger partial charge in [-0.2, -0.15) is 13.2 Å². The van der Waals surface area contributed by atoms with Crippen LogP contribution in [0.3, 0.4) is 0 Å². The maximum Gasteiger partial charge on any atom is 0.421 e. The van der Waals surface area contributed by atoms with Gasteiger partial charge in [0.1, 0.15) is 5.56 Å². The van der Waals surface area contributed by atoms with E-state index in [0.29, 0.717) is 0 Å². The Balaban J connectivity index is 2.87. The number of hydrogen-bond acceptors (Lipinski definition) is 3. The first-order valence-electron chi connectivity index (χ1n) is 4.32. The van der Waals surface area contributed by atoms with Gasteiger partial charge in [0.15, 0.2) is 0 Å². The Morgan fingerprint density at radius 2 is 1.75 bits per heavy atom. The van der Waals surface area contributed by atoms with Gasteiger partial charge in [-0.25, -0.2) is 0 Å². The average Bonchev–Trinajstić information content (AvgIpc) is 2.38. The molecule has 0 spiro atoms. The Hall–Kier alpha value is -1.98. The summed E-state index contributed by atoms with van der Waals surface area (Å²) in [5.41, 5.74) is -2.43. The Morgan fingerprint density at radius 1 is 1.06 bits per heavy atom. The molecule has 1 aromatic heterocycles. The summed E-state index contributed by atoms with van der Waals surface area (Å²) in [6.07, 6.45) is -4.71. The number of nitrogens with zero attached hydrogens (tertiary/aromatic N) is 2. The van der Waals surface area contributed by atoms with Crippen molar-refractivity contribution in [3.63, 3.8) is 0 Å². The molecule has 2 rings (SSSR count). The third kappa shape index (κ3) is 1.86. The van der Waals surface area contributed by atoms with Crippen LogP contribution < -0.4 is 5.56 Å². The Labute approximate surface area is 87.6 Å². The van der Waals surface area contributed by atoms with Gasteiger partial charge in [0.05, 0.1) is 5.52 Å². The number of halogens is 3. The summed E-state index contributed by atoms with van der Waals surface area (Å²) >= 11 is 0. The quantitative estimate of drug-likeness (QED) is 0.690. The highest BCUT2D eigenvalue weighted by molar-refractivity contribution is 5.77. The highest BCUT2D eigenvalue weighted by Crippen LogP contribution is 2.27. The second-order valence-electron chi connectivity index (χ2n) is 3.12. The number of hydrogen-bond donors (Lipinski definition) is 0. The van der Waals surface area contributed by atoms with Crippen LogP contribution in [-0.4, -0.2) is 10.2 Å². The first kappa shape index (κ1) is 10.5. The van der Waals surface area contributed by atoms with Crippen molar-refractivity contribution in [1.82, 2.24) is 10.2 Å². The van der Waals surface area contributed by atoms with Crippen LogP contribution in [-0.2, 0) is 6.18 Å². The molecule has 1 heterocycles. The average molecular weight is 226 g/mol. The Kier molecular flexibility index (Phi) is 2.34. The minimum atomic E-state index is -4.71. The molecule has 0 unspecified atom stereocenters. The van der Waals surface area contributed by atoms with Crippen LogP contribution >= 0.6 is 0 Å². The van der Waals surface area contributed by atoms with E-state index in [-0.39, 0.29) is 10.9 Å². The van der Waals surface area contributed by atoms with Crippen LogP contribution in [0, 0.1) is 0 Å². The zero-order chi connectivity index (χ0) is 11.8. The highest BCUT2D eigenvalue weighted by atomic mass is 19.4. The van der Waals surface area contributed by atoms with E-state index in [1.807, 2.05) is 0 Å². The molecule has 6 heteroatoms. The third-order valence-electron chi connectivity index (χ3n) is 2.02. The van der Waals surface area contributed by atoms with Crippen LogP contribution in [0.4, 0.5) is 13.2 Å². The van der Waals surface area contributed by atoms with Gasteiger partial charge < -0.3 is 0 Å². The molecule has 0 aliphatic heterocycles. The lowest BCUT2D eigenvalue weighted by Crippen LogP contribution is -2.19. The molecule has 0 saturated heterocycles. The Bertz CT molecular complexity index is 595. The van der Waals surface area contributed by atoms with Gasteiger partial charge >= 0.3 is 6.18 Å². The SMILES string of the molecule is O=c1nnc2ccccc2cc1C(F)(F)F. The van der Waals surface area contributed by atoms with Crippen molar-refractivity contribution in [3.8, 4) is 0 Å². The van der Waals surface area contributed by atoms with Crippen LogP contribution in [0.2, 0.25) is 0 Å². The summed E-state index contributed by atoms with van der Waals surface area (Å²) in [5.74, 6) is 0. The predicted octanol–water partition coefficient (Wildman–Crippen LogP) is 2.01. The van der Waals surface area contributed by atoms with E-state index >= 15 is 0 Å². The second-order valence-corrected chi connectivity index (χ2v) is 3.12. The lowest BCUT2D eigenvalue weighted by Gasteiger charge is -2.01. The summed E-state index contributed by atoms with van der Waals surface area (Å²) in [6, 6.07) is 6.86. The van der Waals surface area contributed by atoms with Crippen molar-refractivity contribution in [1.29, 1.82) is 0 Å². The molecule has 3 nitrogen and oxygen atoms in total. The van der Waals surface area contributed by atoms with Crippen molar-refractivity contribution >= 4 is 10.9 Å². The standard InChI is InChI=1S/C10H5F3N2O/c11-10(12,13)7-5-6-3-1-2-4-8(6)14-15-9(7)16/h1-5H. The third-order valence-corrected chi connectivity index (χ3v) is 2.02. The minimum Gasteiger partial charge on any atom is -0.265 e. The van der Waals surface area contributed by atoms with Crippen molar-refractivity contribution in [2.45, 2.75) is 6.18 Å². The molecule has 0 radical (unpaired) electrons. The Morgan fingerprint density at radius 3 is 2.44 bits per heavy atom. The largest absolute Gasteiger partial charge is 0.421 e. The fraction of sp³-hybridized carbons (Fsp3) is 0.100. The monoisotopic (exact) mass is 226 g/mol. The van der Waals surface area contributed by atoms with E-state index in [0.717, 1.165) is 6.07 Å². The van der Waals surface area contributed by atoms with Crippen molar-refractivity contribution in [2.24, 2.45) is 0 Å². The molecule has 0 fully saturated rings. The molecule has 0 amide bonds. The second kappa shape index (κ2) is 3.55. The molecule has 0 bridgehead atoms. The molecule has 16 heavy (non-hydrogen) atoms. The summed E-state index contributed by atoms with van der Waals surface area (Å²) < 4.78 is 37.4. The van der Waals surface area contributed by atoms with Crippen molar-refractivity contribution < 1.29 is 13.2 Å². The van der Waals surface area contributed by atoms with Crippen LogP contribution in [0.25, 0.3) is 10.9 Å². The summed E-state index contributed by atoms with van der Waals surface area (Å²) in [7, 11) is 0. The highest BCUT2D eigenvalue weighted by Gasteiger charge is 2.34. The molecule has 0 aliphatic rings. The number of fused-ring (bicyclic) bond motifs is 1. The number of alkyl halides is 3. The molecule has 0 atom stereocenters. The number of rotatable bonds is 0. The topological polar surface area (TPSA) is 42.9 Å². The molecule has 2 aromatic rings. The van der Waals surface area contributed by atoms with Gasteiger partial charge in [0.2, 0.25) is 0 Å². The van der Waals surface area contributed by atoms with Crippen molar-refractivity contribution in [3.05, 3.63) is 46.2 Å². The van der Waals surface area contributed by atoms with Crippen LogP contribution in [0.5, 0.6) is 0 Å². The molecule has 82 valence electrons. The van der Waals surface area contributed by atoms with Gasteiger partial charge in [-0.3, -0.25) is 4.79 Å². The van der Waals surface area contributed by atoms with Crippen LogP contribution in [0.15, 0.2) is 35.1 Å². The lowest BCUT2D eigenvalue weighted by atomic mass is 10.2. The minimum absolute atomic E-state index is 0.226. The fourth-order valence-electron chi connectivity index (χ4n) is 1.27. The van der Waals surface area contributed by atoms with E-state index in [4.69, 9.17) is 0 Å². The first-order valence-corrected chi connectivity index (χ1v) is 4.32. The van der Waals surface area contributed by atoms with Crippen molar-refractivity contribution in [2.75, 3.05) is 0 Å². The zero-order valence-corrected chi connectivity index (χ0v) is 7.82. The van der Waals surface area contributed by atoms with Gasteiger partial charge in [0.25, 0.3) is 5.56 Å². The predicted molar refractivity (Wildman–Crippen MR) is 50.8 cm³/mol. The van der Waals surface area contributed by atoms with Gasteiger partial charge in [0, 0.05) is 5.39 Å². The van der Waals surface area contributed by atoms with E-state index in [9.17, 15) is 18.0 Å². The fourth-order valence-corrected chi connectivity index (χ4v) is 1.27. The first-order chi connectivity index (χ1) is 7.48. The summed E-state index contributed by atoms with van der Waals surface area (Å²) in [4.78, 5) is 11.1. The van der Waals surface area contributed by atoms with Gasteiger partial charge in [-0.1, -0.05) is 18.2 Å². The zero-order valence-electron chi connectivity index (χ0n) is 7.82. The van der Waals surface area contributed by atoms with E-state index in [1.165, 1.54) is 12.1 Å². The smallest absolute Gasteiger partial charge is 0.265 e. The summed E-state index contributed by atoms with van der Waals surface area (Å²) in [5, 5.41) is 6.69. The molecule has 0 saturated carbocycles. The normalized spacial score (nSPS) is 11.7. The van der Waals surface area contributed by atoms with E-state index in [2.05, 4.69) is 10.2 Å². The lowest BCUT2D eigenvalue weighted by molar-refractivity contribution is -0.138.